The largest absolute Gasteiger partial charge is 0.330 e. The molecule has 0 atom stereocenters. The lowest BCUT2D eigenvalue weighted by Gasteiger charge is -2.07. The summed E-state index contributed by atoms with van der Waals surface area (Å²) in [6.07, 6.45) is 3.47. The Bertz CT molecular complexity index is 505. The zero-order valence-corrected chi connectivity index (χ0v) is 9.86. The van der Waals surface area contributed by atoms with Crippen LogP contribution >= 0.6 is 0 Å². The Balaban J connectivity index is 2.45. The average Bonchev–Trinajstić information content (AvgIpc) is 2.72. The highest BCUT2D eigenvalue weighted by Crippen LogP contribution is 2.16. The minimum atomic E-state index is -0.250. The summed E-state index contributed by atoms with van der Waals surface area (Å²) in [5.41, 5.74) is 8.55. The first kappa shape index (κ1) is 11.8. The molecule has 2 N–H and O–H groups in total. The van der Waals surface area contributed by atoms with Crippen molar-refractivity contribution in [2.75, 3.05) is 6.54 Å². The van der Waals surface area contributed by atoms with E-state index in [1.165, 1.54) is 12.1 Å². The Morgan fingerprint density at radius 2 is 2.24 bits per heavy atom. The molecule has 17 heavy (non-hydrogen) atoms. The molecular formula is C13H16FN3. The molecule has 0 aliphatic heterocycles. The fourth-order valence-electron chi connectivity index (χ4n) is 1.98. The van der Waals surface area contributed by atoms with Crippen LogP contribution in [0.3, 0.4) is 0 Å². The molecule has 0 saturated carbocycles. The molecule has 1 heterocycles. The molecule has 1 aromatic carbocycles. The summed E-state index contributed by atoms with van der Waals surface area (Å²) in [6, 6.07) is 6.45. The number of rotatable bonds is 4. The zero-order chi connectivity index (χ0) is 12.3. The molecule has 3 nitrogen and oxygen atoms in total. The van der Waals surface area contributed by atoms with Crippen LogP contribution in [0.15, 0.2) is 30.5 Å². The number of nitrogens with two attached hydrogens (primary N) is 1. The van der Waals surface area contributed by atoms with Crippen LogP contribution in [0.5, 0.6) is 0 Å². The van der Waals surface area contributed by atoms with Crippen molar-refractivity contribution in [3.8, 4) is 5.69 Å². The summed E-state index contributed by atoms with van der Waals surface area (Å²) in [5.74, 6) is -0.250. The van der Waals surface area contributed by atoms with Crippen molar-refractivity contribution in [1.29, 1.82) is 0 Å². The predicted octanol–water partition coefficient (Wildman–Crippen LogP) is 2.08. The minimum absolute atomic E-state index is 0.250. The SMILES string of the molecule is CCc1c(CCN)cnn1-c1cccc(F)c1. The molecule has 0 aliphatic carbocycles. The molecule has 1 aromatic heterocycles. The van der Waals surface area contributed by atoms with Crippen LogP contribution in [-0.4, -0.2) is 16.3 Å². The van der Waals surface area contributed by atoms with Gasteiger partial charge in [0.25, 0.3) is 0 Å². The van der Waals surface area contributed by atoms with Crippen molar-refractivity contribution >= 4 is 0 Å². The predicted molar refractivity (Wildman–Crippen MR) is 65.7 cm³/mol. The average molecular weight is 233 g/mol. The molecule has 0 radical (unpaired) electrons. The van der Waals surface area contributed by atoms with Crippen molar-refractivity contribution in [3.63, 3.8) is 0 Å². The van der Waals surface area contributed by atoms with E-state index in [0.717, 1.165) is 29.8 Å². The van der Waals surface area contributed by atoms with E-state index in [1.807, 2.05) is 12.3 Å². The molecule has 0 amide bonds. The normalized spacial score (nSPS) is 10.8. The van der Waals surface area contributed by atoms with Crippen molar-refractivity contribution in [2.24, 2.45) is 5.73 Å². The quantitative estimate of drug-likeness (QED) is 0.878. The molecule has 0 spiro atoms. The van der Waals surface area contributed by atoms with Crippen LogP contribution in [0, 0.1) is 5.82 Å². The number of aromatic nitrogens is 2. The minimum Gasteiger partial charge on any atom is -0.330 e. The zero-order valence-electron chi connectivity index (χ0n) is 9.86. The number of nitrogens with zero attached hydrogens (tertiary/aromatic N) is 2. The molecule has 0 bridgehead atoms. The Hall–Kier alpha value is -1.68. The van der Waals surface area contributed by atoms with Crippen molar-refractivity contribution in [3.05, 3.63) is 47.5 Å². The van der Waals surface area contributed by atoms with E-state index in [4.69, 9.17) is 5.73 Å². The van der Waals surface area contributed by atoms with Gasteiger partial charge in [-0.3, -0.25) is 0 Å². The van der Waals surface area contributed by atoms with Crippen molar-refractivity contribution in [1.82, 2.24) is 9.78 Å². The van der Waals surface area contributed by atoms with Crippen LogP contribution in [0.2, 0.25) is 0 Å². The van der Waals surface area contributed by atoms with Gasteiger partial charge in [0.15, 0.2) is 0 Å². The van der Waals surface area contributed by atoms with Crippen molar-refractivity contribution < 1.29 is 4.39 Å². The summed E-state index contributed by atoms with van der Waals surface area (Å²) >= 11 is 0. The molecule has 2 rings (SSSR count). The van der Waals surface area contributed by atoms with E-state index < -0.39 is 0 Å². The standard InChI is InChI=1S/C13H16FN3/c1-2-13-10(6-7-15)9-16-17(13)12-5-3-4-11(14)8-12/h3-5,8-9H,2,6-7,15H2,1H3. The number of hydrogen-bond acceptors (Lipinski definition) is 2. The van der Waals surface area contributed by atoms with Crippen LogP contribution in [-0.2, 0) is 12.8 Å². The van der Waals surface area contributed by atoms with E-state index in [0.29, 0.717) is 6.54 Å². The highest BCUT2D eigenvalue weighted by molar-refractivity contribution is 5.35. The van der Waals surface area contributed by atoms with E-state index in [1.54, 1.807) is 10.7 Å². The molecule has 4 heteroatoms. The second-order valence-corrected chi connectivity index (χ2v) is 3.90. The lowest BCUT2D eigenvalue weighted by atomic mass is 10.1. The smallest absolute Gasteiger partial charge is 0.125 e. The highest BCUT2D eigenvalue weighted by Gasteiger charge is 2.10. The van der Waals surface area contributed by atoms with Crippen molar-refractivity contribution in [2.45, 2.75) is 19.8 Å². The number of halogens is 1. The second kappa shape index (κ2) is 5.10. The number of hydrogen-bond donors (Lipinski definition) is 1. The first-order chi connectivity index (χ1) is 8.26. The first-order valence-electron chi connectivity index (χ1n) is 5.78. The second-order valence-electron chi connectivity index (χ2n) is 3.90. The maximum Gasteiger partial charge on any atom is 0.125 e. The third kappa shape index (κ3) is 2.36. The third-order valence-corrected chi connectivity index (χ3v) is 2.76. The Morgan fingerprint density at radius 1 is 1.41 bits per heavy atom. The summed E-state index contributed by atoms with van der Waals surface area (Å²) < 4.78 is 15.0. The van der Waals surface area contributed by atoms with E-state index in [-0.39, 0.29) is 5.82 Å². The van der Waals surface area contributed by atoms with Gasteiger partial charge in [-0.15, -0.1) is 0 Å². The van der Waals surface area contributed by atoms with E-state index in [9.17, 15) is 4.39 Å². The van der Waals surface area contributed by atoms with Gasteiger partial charge in [0.1, 0.15) is 5.82 Å². The molecule has 90 valence electrons. The molecule has 0 aliphatic rings. The molecule has 0 saturated heterocycles. The topological polar surface area (TPSA) is 43.8 Å². The van der Waals surface area contributed by atoms with Crippen LogP contribution in [0.1, 0.15) is 18.2 Å². The van der Waals surface area contributed by atoms with Gasteiger partial charge in [-0.05, 0) is 43.1 Å². The van der Waals surface area contributed by atoms with E-state index in [2.05, 4.69) is 12.0 Å². The molecule has 0 fully saturated rings. The van der Waals surface area contributed by atoms with Crippen LogP contribution < -0.4 is 5.73 Å². The van der Waals surface area contributed by atoms with Crippen LogP contribution in [0.4, 0.5) is 4.39 Å². The number of benzene rings is 1. The van der Waals surface area contributed by atoms with Gasteiger partial charge in [-0.2, -0.15) is 5.10 Å². The maximum absolute atomic E-state index is 13.2. The summed E-state index contributed by atoms with van der Waals surface area (Å²) in [5, 5.41) is 4.31. The lowest BCUT2D eigenvalue weighted by Crippen LogP contribution is -2.06. The maximum atomic E-state index is 13.2. The van der Waals surface area contributed by atoms with Gasteiger partial charge in [0.2, 0.25) is 0 Å². The van der Waals surface area contributed by atoms with E-state index >= 15 is 0 Å². The summed E-state index contributed by atoms with van der Waals surface area (Å²) in [7, 11) is 0. The Labute approximate surface area is 100 Å². The fraction of sp³-hybridized carbons (Fsp3) is 0.308. The van der Waals surface area contributed by atoms with Gasteiger partial charge in [0, 0.05) is 5.69 Å². The van der Waals surface area contributed by atoms with Crippen LogP contribution in [0.25, 0.3) is 5.69 Å². The third-order valence-electron chi connectivity index (χ3n) is 2.76. The van der Waals surface area contributed by atoms with Gasteiger partial charge < -0.3 is 5.73 Å². The first-order valence-corrected chi connectivity index (χ1v) is 5.78. The summed E-state index contributed by atoms with van der Waals surface area (Å²) in [4.78, 5) is 0. The van der Waals surface area contributed by atoms with Gasteiger partial charge >= 0.3 is 0 Å². The highest BCUT2D eigenvalue weighted by atomic mass is 19.1. The monoisotopic (exact) mass is 233 g/mol. The van der Waals surface area contributed by atoms with Gasteiger partial charge in [-0.1, -0.05) is 13.0 Å². The lowest BCUT2D eigenvalue weighted by molar-refractivity contribution is 0.624. The molecule has 0 unspecified atom stereocenters. The van der Waals surface area contributed by atoms with Gasteiger partial charge in [-0.25, -0.2) is 9.07 Å². The molecule has 2 aromatic rings. The van der Waals surface area contributed by atoms with Gasteiger partial charge in [0.05, 0.1) is 11.9 Å². The Kier molecular flexibility index (Phi) is 3.54. The summed E-state index contributed by atoms with van der Waals surface area (Å²) in [6.45, 7) is 2.66. The molecular weight excluding hydrogens is 217 g/mol. The Morgan fingerprint density at radius 3 is 2.88 bits per heavy atom. The fourth-order valence-corrected chi connectivity index (χ4v) is 1.98.